The van der Waals surface area contributed by atoms with E-state index in [0.717, 1.165) is 12.3 Å². The Balaban J connectivity index is 1.86. The van der Waals surface area contributed by atoms with Gasteiger partial charge in [0.25, 0.3) is 5.91 Å². The monoisotopic (exact) mass is 421 g/mol. The highest BCUT2D eigenvalue weighted by molar-refractivity contribution is 5.94. The van der Waals surface area contributed by atoms with E-state index in [1.807, 2.05) is 0 Å². The van der Waals surface area contributed by atoms with Gasteiger partial charge < -0.3 is 30.1 Å². The summed E-state index contributed by atoms with van der Waals surface area (Å²) in [4.78, 5) is 26.4. The summed E-state index contributed by atoms with van der Waals surface area (Å²) >= 11 is 0. The topological polar surface area (TPSA) is 115 Å². The molecule has 1 aliphatic heterocycles. The van der Waals surface area contributed by atoms with Crippen LogP contribution < -0.4 is 10.7 Å². The maximum atomic E-state index is 13.7. The van der Waals surface area contributed by atoms with Crippen LogP contribution in [0, 0.1) is 11.6 Å². The third kappa shape index (κ3) is 4.05. The second-order valence-electron chi connectivity index (χ2n) is 6.91. The Labute approximate surface area is 170 Å². The molecular weight excluding hydrogens is 400 g/mol. The molecule has 2 heterocycles. The lowest BCUT2D eigenvalue weighted by Crippen LogP contribution is -2.38. The molecule has 1 aromatic heterocycles. The maximum absolute atomic E-state index is 13.7. The lowest BCUT2D eigenvalue weighted by atomic mass is 10.1. The van der Waals surface area contributed by atoms with Crippen LogP contribution in [0.4, 0.5) is 8.78 Å². The van der Waals surface area contributed by atoms with Crippen molar-refractivity contribution in [2.24, 2.45) is 0 Å². The molecule has 3 rings (SSSR count). The lowest BCUT2D eigenvalue weighted by molar-refractivity contribution is -0.00221. The molecule has 0 saturated carbocycles. The SMILES string of the molecule is C[C@H](CCO)N1C=Cn2cc(C(=O)NCc3ccc(F)cc3F)c(=O)c(O)c2C1O. The number of aliphatic hydroxyl groups is 2. The number of carbonyl (C=O) groups is 1. The van der Waals surface area contributed by atoms with E-state index in [9.17, 15) is 28.6 Å². The molecule has 30 heavy (non-hydrogen) atoms. The van der Waals surface area contributed by atoms with Crippen LogP contribution in [-0.4, -0.2) is 43.3 Å². The number of fused-ring (bicyclic) bond motifs is 1. The Morgan fingerprint density at radius 1 is 1.30 bits per heavy atom. The first-order chi connectivity index (χ1) is 14.2. The van der Waals surface area contributed by atoms with Crippen molar-refractivity contribution in [2.45, 2.75) is 32.2 Å². The van der Waals surface area contributed by atoms with E-state index in [1.165, 1.54) is 27.9 Å². The first-order valence-corrected chi connectivity index (χ1v) is 9.19. The molecule has 160 valence electrons. The van der Waals surface area contributed by atoms with Crippen molar-refractivity contribution < 1.29 is 28.9 Å². The van der Waals surface area contributed by atoms with E-state index in [0.29, 0.717) is 12.5 Å². The largest absolute Gasteiger partial charge is 0.503 e. The van der Waals surface area contributed by atoms with Crippen LogP contribution >= 0.6 is 0 Å². The fourth-order valence-corrected chi connectivity index (χ4v) is 3.21. The van der Waals surface area contributed by atoms with Gasteiger partial charge in [-0.3, -0.25) is 9.59 Å². The molecule has 0 bridgehead atoms. The summed E-state index contributed by atoms with van der Waals surface area (Å²) in [6.45, 7) is 1.35. The summed E-state index contributed by atoms with van der Waals surface area (Å²) in [5.41, 5.74) is -1.50. The first-order valence-electron chi connectivity index (χ1n) is 9.19. The van der Waals surface area contributed by atoms with Crippen LogP contribution in [0.25, 0.3) is 6.20 Å². The van der Waals surface area contributed by atoms with Gasteiger partial charge in [-0.15, -0.1) is 0 Å². The molecule has 2 atom stereocenters. The molecule has 2 aromatic rings. The van der Waals surface area contributed by atoms with Crippen molar-refractivity contribution >= 4 is 12.1 Å². The Kier molecular flexibility index (Phi) is 6.18. The highest BCUT2D eigenvalue weighted by Crippen LogP contribution is 2.31. The molecule has 4 N–H and O–H groups in total. The van der Waals surface area contributed by atoms with Gasteiger partial charge in [-0.05, 0) is 19.4 Å². The van der Waals surface area contributed by atoms with Gasteiger partial charge in [0.1, 0.15) is 22.9 Å². The highest BCUT2D eigenvalue weighted by Gasteiger charge is 2.30. The summed E-state index contributed by atoms with van der Waals surface area (Å²) < 4.78 is 27.9. The second kappa shape index (κ2) is 8.64. The van der Waals surface area contributed by atoms with Crippen molar-refractivity contribution in [2.75, 3.05) is 6.61 Å². The summed E-state index contributed by atoms with van der Waals surface area (Å²) in [5, 5.41) is 32.3. The predicted molar refractivity (Wildman–Crippen MR) is 103 cm³/mol. The number of halogens is 2. The van der Waals surface area contributed by atoms with E-state index in [-0.39, 0.29) is 30.5 Å². The lowest BCUT2D eigenvalue weighted by Gasteiger charge is -2.36. The highest BCUT2D eigenvalue weighted by atomic mass is 19.1. The average Bonchev–Trinajstić information content (AvgIpc) is 2.69. The average molecular weight is 421 g/mol. The molecule has 1 aliphatic rings. The summed E-state index contributed by atoms with van der Waals surface area (Å²) in [7, 11) is 0. The first kappa shape index (κ1) is 21.5. The number of amides is 1. The normalized spacial score (nSPS) is 16.3. The molecule has 10 heteroatoms. The Bertz CT molecular complexity index is 1050. The fourth-order valence-electron chi connectivity index (χ4n) is 3.21. The van der Waals surface area contributed by atoms with E-state index in [4.69, 9.17) is 5.11 Å². The van der Waals surface area contributed by atoms with Gasteiger partial charge in [0.15, 0.2) is 12.0 Å². The molecule has 0 fully saturated rings. The summed E-state index contributed by atoms with van der Waals surface area (Å²) in [6, 6.07) is 2.61. The van der Waals surface area contributed by atoms with Gasteiger partial charge in [0.2, 0.25) is 5.43 Å². The molecular formula is C20H21F2N3O5. The smallest absolute Gasteiger partial charge is 0.257 e. The molecule has 0 saturated heterocycles. The van der Waals surface area contributed by atoms with Gasteiger partial charge in [0, 0.05) is 49.4 Å². The number of aromatic nitrogens is 1. The van der Waals surface area contributed by atoms with Gasteiger partial charge in [-0.25, -0.2) is 8.78 Å². The van der Waals surface area contributed by atoms with Crippen molar-refractivity contribution in [1.29, 1.82) is 0 Å². The molecule has 0 aliphatic carbocycles. The third-order valence-corrected chi connectivity index (χ3v) is 4.93. The molecule has 0 spiro atoms. The molecule has 1 aromatic carbocycles. The van der Waals surface area contributed by atoms with Crippen molar-refractivity contribution in [1.82, 2.24) is 14.8 Å². The van der Waals surface area contributed by atoms with E-state index < -0.39 is 40.5 Å². The number of hydrogen-bond donors (Lipinski definition) is 4. The zero-order chi connectivity index (χ0) is 22.0. The summed E-state index contributed by atoms with van der Waals surface area (Å²) in [5.74, 6) is -3.27. The van der Waals surface area contributed by atoms with Crippen LogP contribution in [0.1, 0.15) is 41.2 Å². The van der Waals surface area contributed by atoms with Crippen LogP contribution in [0.3, 0.4) is 0 Å². The van der Waals surface area contributed by atoms with Crippen molar-refractivity contribution in [3.8, 4) is 5.75 Å². The Morgan fingerprint density at radius 3 is 2.70 bits per heavy atom. The van der Waals surface area contributed by atoms with Crippen LogP contribution in [0.2, 0.25) is 0 Å². The minimum absolute atomic E-state index is 0.0239. The molecule has 1 unspecified atom stereocenters. The number of aromatic hydroxyl groups is 1. The number of nitrogens with one attached hydrogen (secondary N) is 1. The van der Waals surface area contributed by atoms with E-state index in [1.54, 1.807) is 6.92 Å². The minimum Gasteiger partial charge on any atom is -0.503 e. The minimum atomic E-state index is -1.37. The molecule has 0 radical (unpaired) electrons. The Morgan fingerprint density at radius 2 is 2.03 bits per heavy atom. The number of aliphatic hydroxyl groups excluding tert-OH is 2. The van der Waals surface area contributed by atoms with Gasteiger partial charge in [-0.1, -0.05) is 6.07 Å². The van der Waals surface area contributed by atoms with Gasteiger partial charge in [-0.2, -0.15) is 0 Å². The number of hydrogen-bond acceptors (Lipinski definition) is 6. The zero-order valence-electron chi connectivity index (χ0n) is 16.0. The number of benzene rings is 1. The number of carbonyl (C=O) groups excluding carboxylic acids is 1. The van der Waals surface area contributed by atoms with Gasteiger partial charge >= 0.3 is 0 Å². The van der Waals surface area contributed by atoms with E-state index in [2.05, 4.69) is 5.32 Å². The second-order valence-corrected chi connectivity index (χ2v) is 6.91. The number of nitrogens with zero attached hydrogens (tertiary/aromatic N) is 2. The third-order valence-electron chi connectivity index (χ3n) is 4.93. The molecule has 1 amide bonds. The predicted octanol–water partition coefficient (Wildman–Crippen LogP) is 1.27. The van der Waals surface area contributed by atoms with E-state index >= 15 is 0 Å². The molecule has 8 nitrogen and oxygen atoms in total. The standard InChI is InChI=1S/C20H21F2N3O5/c1-11(4-7-26)25-6-5-24-10-14(17(27)18(28)16(24)20(25)30)19(29)23-9-12-2-3-13(21)8-15(12)22/h2-3,5-6,8,10-11,20,26,28,30H,4,7,9H2,1H3,(H,23,29)/t11-,20?/m1/s1. The Hall–Kier alpha value is -3.24. The fraction of sp³-hybridized carbons (Fsp3) is 0.300. The maximum Gasteiger partial charge on any atom is 0.257 e. The van der Waals surface area contributed by atoms with Crippen molar-refractivity contribution in [3.63, 3.8) is 0 Å². The van der Waals surface area contributed by atoms with Crippen molar-refractivity contribution in [3.05, 3.63) is 69.3 Å². The number of rotatable bonds is 6. The van der Waals surface area contributed by atoms with Crippen LogP contribution in [0.15, 0.2) is 35.4 Å². The number of pyridine rings is 1. The van der Waals surface area contributed by atoms with Crippen LogP contribution in [-0.2, 0) is 6.54 Å². The quantitative estimate of drug-likeness (QED) is 0.559. The zero-order valence-corrected chi connectivity index (χ0v) is 16.0. The van der Waals surface area contributed by atoms with Gasteiger partial charge in [0.05, 0.1) is 0 Å². The summed E-state index contributed by atoms with van der Waals surface area (Å²) in [6.07, 6.45) is 3.10. The van der Waals surface area contributed by atoms with Crippen LogP contribution in [0.5, 0.6) is 5.75 Å².